The van der Waals surface area contributed by atoms with Crippen LogP contribution in [0.25, 0.3) is 0 Å². The van der Waals surface area contributed by atoms with Crippen LogP contribution < -0.4 is 5.32 Å². The van der Waals surface area contributed by atoms with Gasteiger partial charge < -0.3 is 10.1 Å². The summed E-state index contributed by atoms with van der Waals surface area (Å²) in [6.07, 6.45) is 3.34. The van der Waals surface area contributed by atoms with Gasteiger partial charge in [-0.25, -0.2) is 4.39 Å². The summed E-state index contributed by atoms with van der Waals surface area (Å²) in [6, 6.07) is 6.27. The van der Waals surface area contributed by atoms with Crippen molar-refractivity contribution < 1.29 is 18.7 Å². The molecule has 20 heavy (non-hydrogen) atoms. The standard InChI is InChI=1S/C15H18FNO3/c1-12(18)10-15(19)20-9-3-2-8-17-11-13-4-6-14(16)7-5-13/h2-7,17H,8-11H2,1H3. The number of ketones is 1. The van der Waals surface area contributed by atoms with E-state index in [9.17, 15) is 14.0 Å². The van der Waals surface area contributed by atoms with Gasteiger partial charge in [0.05, 0.1) is 0 Å². The van der Waals surface area contributed by atoms with E-state index in [4.69, 9.17) is 4.74 Å². The van der Waals surface area contributed by atoms with Crippen molar-refractivity contribution in [2.45, 2.75) is 19.9 Å². The molecule has 108 valence electrons. The average molecular weight is 279 g/mol. The summed E-state index contributed by atoms with van der Waals surface area (Å²) in [5.41, 5.74) is 0.993. The number of nitrogens with one attached hydrogen (secondary N) is 1. The van der Waals surface area contributed by atoms with Crippen molar-refractivity contribution in [3.63, 3.8) is 0 Å². The van der Waals surface area contributed by atoms with Crippen LogP contribution in [0, 0.1) is 5.82 Å². The molecule has 0 heterocycles. The number of esters is 1. The molecule has 1 N–H and O–H groups in total. The lowest BCUT2D eigenvalue weighted by Crippen LogP contribution is -2.13. The summed E-state index contributed by atoms with van der Waals surface area (Å²) in [7, 11) is 0. The molecule has 0 saturated carbocycles. The predicted molar refractivity (Wildman–Crippen MR) is 73.5 cm³/mol. The molecule has 0 fully saturated rings. The minimum absolute atomic E-state index is 0.157. The topological polar surface area (TPSA) is 55.4 Å². The number of halogens is 1. The molecule has 0 radical (unpaired) electrons. The Balaban J connectivity index is 2.09. The van der Waals surface area contributed by atoms with Crippen LogP contribution in [0.2, 0.25) is 0 Å². The normalized spacial score (nSPS) is 10.7. The van der Waals surface area contributed by atoms with Crippen LogP contribution in [0.15, 0.2) is 36.4 Å². The molecule has 0 amide bonds. The van der Waals surface area contributed by atoms with Crippen LogP contribution >= 0.6 is 0 Å². The number of hydrogen-bond donors (Lipinski definition) is 1. The molecule has 1 aromatic carbocycles. The van der Waals surface area contributed by atoms with Gasteiger partial charge in [-0.3, -0.25) is 9.59 Å². The lowest BCUT2D eigenvalue weighted by atomic mass is 10.2. The summed E-state index contributed by atoms with van der Waals surface area (Å²) >= 11 is 0. The Labute approximate surface area is 117 Å². The first-order valence-electron chi connectivity index (χ1n) is 6.33. The maximum absolute atomic E-state index is 12.7. The SMILES string of the molecule is CC(=O)CC(=O)OCC=CCNCc1ccc(F)cc1. The van der Waals surface area contributed by atoms with Crippen LogP contribution in [0.1, 0.15) is 18.9 Å². The maximum atomic E-state index is 12.7. The molecule has 0 atom stereocenters. The summed E-state index contributed by atoms with van der Waals surface area (Å²) in [5, 5.41) is 3.14. The zero-order chi connectivity index (χ0) is 14.8. The molecule has 0 unspecified atom stereocenters. The van der Waals surface area contributed by atoms with Crippen LogP contribution in [-0.2, 0) is 20.9 Å². The average Bonchev–Trinajstić information content (AvgIpc) is 2.39. The van der Waals surface area contributed by atoms with Crippen molar-refractivity contribution in [1.29, 1.82) is 0 Å². The molecular weight excluding hydrogens is 261 g/mol. The molecule has 0 aliphatic heterocycles. The van der Waals surface area contributed by atoms with Gasteiger partial charge in [-0.15, -0.1) is 0 Å². The summed E-state index contributed by atoms with van der Waals surface area (Å²) in [6.45, 7) is 2.75. The van der Waals surface area contributed by atoms with Crippen molar-refractivity contribution >= 4 is 11.8 Å². The molecule has 0 aromatic heterocycles. The smallest absolute Gasteiger partial charge is 0.313 e. The number of Topliss-reactive ketones (excluding diaryl/α,β-unsaturated/α-hetero) is 1. The van der Waals surface area contributed by atoms with E-state index in [0.29, 0.717) is 13.1 Å². The third-order valence-electron chi connectivity index (χ3n) is 2.41. The Morgan fingerprint density at radius 1 is 1.25 bits per heavy atom. The second kappa shape index (κ2) is 8.98. The Morgan fingerprint density at radius 2 is 1.95 bits per heavy atom. The quantitative estimate of drug-likeness (QED) is 0.342. The van der Waals surface area contributed by atoms with E-state index < -0.39 is 5.97 Å². The number of carbonyl (C=O) groups is 2. The van der Waals surface area contributed by atoms with Gasteiger partial charge in [0.1, 0.15) is 24.6 Å². The molecule has 5 heteroatoms. The Hall–Kier alpha value is -2.01. The maximum Gasteiger partial charge on any atom is 0.313 e. The van der Waals surface area contributed by atoms with Gasteiger partial charge in [0.2, 0.25) is 0 Å². The number of ether oxygens (including phenoxy) is 1. The summed E-state index contributed by atoms with van der Waals surface area (Å²) in [4.78, 5) is 21.7. The van der Waals surface area contributed by atoms with Gasteiger partial charge in [-0.2, -0.15) is 0 Å². The van der Waals surface area contributed by atoms with Crippen molar-refractivity contribution in [3.8, 4) is 0 Å². The second-order valence-corrected chi connectivity index (χ2v) is 4.29. The minimum atomic E-state index is -0.513. The molecule has 0 aliphatic rings. The molecule has 1 rings (SSSR count). The molecule has 0 saturated heterocycles. The van der Waals surface area contributed by atoms with Crippen molar-refractivity contribution in [3.05, 3.63) is 47.8 Å². The first-order chi connectivity index (χ1) is 9.58. The zero-order valence-corrected chi connectivity index (χ0v) is 11.4. The Kier molecular flexibility index (Phi) is 7.21. The van der Waals surface area contributed by atoms with Crippen molar-refractivity contribution in [2.24, 2.45) is 0 Å². The van der Waals surface area contributed by atoms with E-state index in [1.165, 1.54) is 19.1 Å². The zero-order valence-electron chi connectivity index (χ0n) is 11.4. The summed E-state index contributed by atoms with van der Waals surface area (Å²) < 4.78 is 17.5. The van der Waals surface area contributed by atoms with E-state index >= 15 is 0 Å². The minimum Gasteiger partial charge on any atom is -0.461 e. The van der Waals surface area contributed by atoms with Crippen LogP contribution in [0.3, 0.4) is 0 Å². The largest absolute Gasteiger partial charge is 0.461 e. The molecule has 0 spiro atoms. The number of benzene rings is 1. The lowest BCUT2D eigenvalue weighted by molar-refractivity contribution is -0.144. The number of hydrogen-bond acceptors (Lipinski definition) is 4. The molecule has 1 aromatic rings. The fourth-order valence-corrected chi connectivity index (χ4v) is 1.45. The molecular formula is C15H18FNO3. The summed E-state index contributed by atoms with van der Waals surface area (Å²) in [5.74, 6) is -0.970. The van der Waals surface area contributed by atoms with E-state index in [0.717, 1.165) is 5.56 Å². The number of carbonyl (C=O) groups excluding carboxylic acids is 2. The van der Waals surface area contributed by atoms with Gasteiger partial charge in [0.25, 0.3) is 0 Å². The highest BCUT2D eigenvalue weighted by Gasteiger charge is 2.04. The number of rotatable bonds is 8. The third kappa shape index (κ3) is 7.43. The van der Waals surface area contributed by atoms with E-state index in [-0.39, 0.29) is 24.6 Å². The van der Waals surface area contributed by atoms with Gasteiger partial charge in [-0.05, 0) is 30.7 Å². The fraction of sp³-hybridized carbons (Fsp3) is 0.333. The first kappa shape index (κ1) is 16.0. The van der Waals surface area contributed by atoms with Crippen LogP contribution in [0.4, 0.5) is 4.39 Å². The Bertz CT molecular complexity index is 469. The predicted octanol–water partition coefficient (Wildman–Crippen LogP) is 1.99. The molecule has 0 aliphatic carbocycles. The van der Waals surface area contributed by atoms with Gasteiger partial charge in [-0.1, -0.05) is 18.2 Å². The highest BCUT2D eigenvalue weighted by atomic mass is 19.1. The van der Waals surface area contributed by atoms with E-state index in [2.05, 4.69) is 5.32 Å². The monoisotopic (exact) mass is 279 g/mol. The van der Waals surface area contributed by atoms with Gasteiger partial charge in [0, 0.05) is 13.1 Å². The van der Waals surface area contributed by atoms with E-state index in [1.807, 2.05) is 6.08 Å². The highest BCUT2D eigenvalue weighted by Crippen LogP contribution is 2.01. The van der Waals surface area contributed by atoms with Crippen LogP contribution in [-0.4, -0.2) is 24.9 Å². The lowest BCUT2D eigenvalue weighted by Gasteiger charge is -2.02. The fourth-order valence-electron chi connectivity index (χ4n) is 1.45. The van der Waals surface area contributed by atoms with Gasteiger partial charge in [0.15, 0.2) is 0 Å². The Morgan fingerprint density at radius 3 is 2.60 bits per heavy atom. The van der Waals surface area contributed by atoms with E-state index in [1.54, 1.807) is 18.2 Å². The highest BCUT2D eigenvalue weighted by molar-refractivity contribution is 5.94. The molecule has 4 nitrogen and oxygen atoms in total. The van der Waals surface area contributed by atoms with Crippen molar-refractivity contribution in [2.75, 3.05) is 13.2 Å². The van der Waals surface area contributed by atoms with Crippen molar-refractivity contribution in [1.82, 2.24) is 5.32 Å². The molecule has 0 bridgehead atoms. The van der Waals surface area contributed by atoms with Gasteiger partial charge >= 0.3 is 5.97 Å². The third-order valence-corrected chi connectivity index (χ3v) is 2.41. The van der Waals surface area contributed by atoms with Crippen LogP contribution in [0.5, 0.6) is 0 Å². The second-order valence-electron chi connectivity index (χ2n) is 4.29. The first-order valence-corrected chi connectivity index (χ1v) is 6.33.